The molecule has 0 saturated carbocycles. The second kappa shape index (κ2) is 6.36. The van der Waals surface area contributed by atoms with E-state index < -0.39 is 0 Å². The van der Waals surface area contributed by atoms with Gasteiger partial charge in [0, 0.05) is 27.3 Å². The SMILES string of the molecule is Cc1ccc(NCc2c(Cl)ccc(Cl)c2Cl)cc1Br. The maximum Gasteiger partial charge on any atom is 0.0657 e. The van der Waals surface area contributed by atoms with E-state index in [0.29, 0.717) is 21.6 Å². The second-order valence-corrected chi connectivity index (χ2v) is 6.19. The number of anilines is 1. The fourth-order valence-electron chi connectivity index (χ4n) is 1.62. The number of aryl methyl sites for hydroxylation is 1. The largest absolute Gasteiger partial charge is 0.381 e. The first-order chi connectivity index (χ1) is 8.99. The quantitative estimate of drug-likeness (QED) is 0.615. The highest BCUT2D eigenvalue weighted by atomic mass is 79.9. The summed E-state index contributed by atoms with van der Waals surface area (Å²) in [6.45, 7) is 2.56. The molecular weight excluding hydrogens is 368 g/mol. The summed E-state index contributed by atoms with van der Waals surface area (Å²) in [4.78, 5) is 0. The first kappa shape index (κ1) is 15.0. The third-order valence-corrected chi connectivity index (χ3v) is 4.83. The first-order valence-corrected chi connectivity index (χ1v) is 7.54. The number of rotatable bonds is 3. The Hall–Kier alpha value is -0.410. The molecule has 0 fully saturated rings. The van der Waals surface area contributed by atoms with Crippen LogP contribution in [0.5, 0.6) is 0 Å². The number of halogens is 4. The van der Waals surface area contributed by atoms with Crippen LogP contribution in [0.4, 0.5) is 5.69 Å². The minimum Gasteiger partial charge on any atom is -0.381 e. The highest BCUT2D eigenvalue weighted by molar-refractivity contribution is 9.10. The van der Waals surface area contributed by atoms with E-state index in [9.17, 15) is 0 Å². The Bertz CT molecular complexity index is 614. The molecule has 0 saturated heterocycles. The van der Waals surface area contributed by atoms with E-state index in [0.717, 1.165) is 15.7 Å². The zero-order chi connectivity index (χ0) is 14.0. The average molecular weight is 380 g/mol. The third-order valence-electron chi connectivity index (χ3n) is 2.78. The molecule has 0 unspecified atom stereocenters. The van der Waals surface area contributed by atoms with Crippen molar-refractivity contribution in [3.8, 4) is 0 Å². The molecule has 0 spiro atoms. The van der Waals surface area contributed by atoms with Crippen LogP contribution in [0, 0.1) is 6.92 Å². The lowest BCUT2D eigenvalue weighted by atomic mass is 10.2. The van der Waals surface area contributed by atoms with E-state index in [4.69, 9.17) is 34.8 Å². The Kier molecular flexibility index (Phi) is 5.02. The lowest BCUT2D eigenvalue weighted by molar-refractivity contribution is 1.15. The first-order valence-electron chi connectivity index (χ1n) is 5.61. The van der Waals surface area contributed by atoms with Crippen molar-refractivity contribution in [3.05, 3.63) is 61.0 Å². The minimum atomic E-state index is 0.493. The van der Waals surface area contributed by atoms with Crippen molar-refractivity contribution < 1.29 is 0 Å². The summed E-state index contributed by atoms with van der Waals surface area (Å²) in [7, 11) is 0. The number of hydrogen-bond donors (Lipinski definition) is 1. The summed E-state index contributed by atoms with van der Waals surface area (Å²) in [6, 6.07) is 9.50. The summed E-state index contributed by atoms with van der Waals surface area (Å²) in [6.07, 6.45) is 0. The molecule has 0 aliphatic heterocycles. The maximum atomic E-state index is 6.16. The van der Waals surface area contributed by atoms with Crippen LogP contribution in [0.1, 0.15) is 11.1 Å². The molecule has 5 heteroatoms. The summed E-state index contributed by atoms with van der Waals surface area (Å²) in [5.74, 6) is 0. The van der Waals surface area contributed by atoms with E-state index in [2.05, 4.69) is 21.2 Å². The average Bonchev–Trinajstić information content (AvgIpc) is 2.38. The number of benzene rings is 2. The van der Waals surface area contributed by atoms with E-state index in [1.807, 2.05) is 25.1 Å². The van der Waals surface area contributed by atoms with Crippen molar-refractivity contribution in [1.82, 2.24) is 0 Å². The molecule has 0 aromatic heterocycles. The van der Waals surface area contributed by atoms with Gasteiger partial charge in [-0.3, -0.25) is 0 Å². The second-order valence-electron chi connectivity index (χ2n) is 4.14. The van der Waals surface area contributed by atoms with Gasteiger partial charge in [0.2, 0.25) is 0 Å². The molecule has 0 amide bonds. The minimum absolute atomic E-state index is 0.493. The van der Waals surface area contributed by atoms with Gasteiger partial charge in [-0.25, -0.2) is 0 Å². The van der Waals surface area contributed by atoms with Gasteiger partial charge in [-0.2, -0.15) is 0 Å². The van der Waals surface area contributed by atoms with Crippen LogP contribution in [0.2, 0.25) is 15.1 Å². The molecular formula is C14H11BrCl3N. The van der Waals surface area contributed by atoms with Gasteiger partial charge in [0.05, 0.1) is 10.0 Å². The monoisotopic (exact) mass is 377 g/mol. The molecule has 2 aromatic rings. The fraction of sp³-hybridized carbons (Fsp3) is 0.143. The Morgan fingerprint density at radius 3 is 2.42 bits per heavy atom. The standard InChI is InChI=1S/C14H11BrCl3N/c1-8-2-3-9(6-11(8)15)19-7-10-12(16)4-5-13(17)14(10)18/h2-6,19H,7H2,1H3. The third kappa shape index (κ3) is 3.57. The summed E-state index contributed by atoms with van der Waals surface area (Å²) in [5, 5.41) is 4.89. The lowest BCUT2D eigenvalue weighted by Gasteiger charge is -2.11. The Morgan fingerprint density at radius 1 is 1.05 bits per heavy atom. The molecule has 100 valence electrons. The smallest absolute Gasteiger partial charge is 0.0657 e. The topological polar surface area (TPSA) is 12.0 Å². The van der Waals surface area contributed by atoms with E-state index >= 15 is 0 Å². The molecule has 0 atom stereocenters. The van der Waals surface area contributed by atoms with Crippen LogP contribution < -0.4 is 5.32 Å². The Balaban J connectivity index is 2.19. The van der Waals surface area contributed by atoms with Gasteiger partial charge < -0.3 is 5.32 Å². The zero-order valence-electron chi connectivity index (χ0n) is 10.1. The van der Waals surface area contributed by atoms with Crippen LogP contribution in [-0.2, 0) is 6.54 Å². The maximum absolute atomic E-state index is 6.16. The van der Waals surface area contributed by atoms with Crippen molar-refractivity contribution in [2.75, 3.05) is 5.32 Å². The molecule has 2 aromatic carbocycles. The Labute approximate surface area is 136 Å². The highest BCUT2D eigenvalue weighted by Crippen LogP contribution is 2.32. The molecule has 0 bridgehead atoms. The lowest BCUT2D eigenvalue weighted by Crippen LogP contribution is -2.01. The molecule has 0 heterocycles. The van der Waals surface area contributed by atoms with Crippen LogP contribution in [0.25, 0.3) is 0 Å². The van der Waals surface area contributed by atoms with Gasteiger partial charge >= 0.3 is 0 Å². The molecule has 2 rings (SSSR count). The van der Waals surface area contributed by atoms with Gasteiger partial charge in [0.25, 0.3) is 0 Å². The van der Waals surface area contributed by atoms with Crippen molar-refractivity contribution in [2.45, 2.75) is 13.5 Å². The normalized spacial score (nSPS) is 10.6. The predicted molar refractivity (Wildman–Crippen MR) is 87.7 cm³/mol. The van der Waals surface area contributed by atoms with Crippen LogP contribution in [0.15, 0.2) is 34.8 Å². The molecule has 1 N–H and O–H groups in total. The van der Waals surface area contributed by atoms with Crippen molar-refractivity contribution in [2.24, 2.45) is 0 Å². The van der Waals surface area contributed by atoms with Crippen molar-refractivity contribution in [1.29, 1.82) is 0 Å². The van der Waals surface area contributed by atoms with Crippen LogP contribution in [0.3, 0.4) is 0 Å². The number of nitrogens with one attached hydrogen (secondary N) is 1. The van der Waals surface area contributed by atoms with E-state index in [1.165, 1.54) is 5.56 Å². The van der Waals surface area contributed by atoms with Gasteiger partial charge in [-0.15, -0.1) is 0 Å². The van der Waals surface area contributed by atoms with E-state index in [-0.39, 0.29) is 0 Å². The molecule has 19 heavy (non-hydrogen) atoms. The van der Waals surface area contributed by atoms with Crippen molar-refractivity contribution >= 4 is 56.4 Å². The molecule has 1 nitrogen and oxygen atoms in total. The molecule has 0 aliphatic rings. The summed E-state index contributed by atoms with van der Waals surface area (Å²) in [5.41, 5.74) is 2.97. The summed E-state index contributed by atoms with van der Waals surface area (Å²) < 4.78 is 1.06. The van der Waals surface area contributed by atoms with E-state index in [1.54, 1.807) is 12.1 Å². The summed E-state index contributed by atoms with van der Waals surface area (Å²) >= 11 is 21.8. The number of hydrogen-bond acceptors (Lipinski definition) is 1. The highest BCUT2D eigenvalue weighted by Gasteiger charge is 2.09. The van der Waals surface area contributed by atoms with Crippen LogP contribution >= 0.6 is 50.7 Å². The zero-order valence-corrected chi connectivity index (χ0v) is 14.0. The van der Waals surface area contributed by atoms with Gasteiger partial charge in [-0.05, 0) is 36.8 Å². The van der Waals surface area contributed by atoms with Gasteiger partial charge in [0.15, 0.2) is 0 Å². The van der Waals surface area contributed by atoms with Gasteiger partial charge in [-0.1, -0.05) is 56.8 Å². The molecule has 0 aliphatic carbocycles. The Morgan fingerprint density at radius 2 is 1.74 bits per heavy atom. The van der Waals surface area contributed by atoms with Crippen LogP contribution in [-0.4, -0.2) is 0 Å². The fourth-order valence-corrected chi connectivity index (χ4v) is 2.68. The van der Waals surface area contributed by atoms with Crippen molar-refractivity contribution in [3.63, 3.8) is 0 Å². The van der Waals surface area contributed by atoms with Gasteiger partial charge in [0.1, 0.15) is 0 Å². The predicted octanol–water partition coefficient (Wildman–Crippen LogP) is 6.33. The molecule has 0 radical (unpaired) electrons.